The second-order valence-electron chi connectivity index (χ2n) is 8.96. The Kier molecular flexibility index (Phi) is 3.39. The van der Waals surface area contributed by atoms with Gasteiger partial charge in [0.15, 0.2) is 0 Å². The molecule has 3 fully saturated rings. The number of rotatable bonds is 1. The molecule has 0 N–H and O–H groups in total. The van der Waals surface area contributed by atoms with Crippen LogP contribution in [0.4, 0.5) is 0 Å². The van der Waals surface area contributed by atoms with E-state index in [1.807, 2.05) is 7.11 Å². The summed E-state index contributed by atoms with van der Waals surface area (Å²) in [5.74, 6) is 2.72. The summed E-state index contributed by atoms with van der Waals surface area (Å²) in [6.45, 7) is 9.53. The zero-order chi connectivity index (χ0) is 15.5. The van der Waals surface area contributed by atoms with E-state index in [4.69, 9.17) is 4.74 Å². The molecule has 0 heterocycles. The molecule has 122 valence electrons. The lowest BCUT2D eigenvalue weighted by Gasteiger charge is -2.57. The van der Waals surface area contributed by atoms with Crippen molar-refractivity contribution >= 4 is 0 Å². The quantitative estimate of drug-likeness (QED) is 0.579. The molecule has 1 nitrogen and oxygen atoms in total. The first-order valence-corrected chi connectivity index (χ1v) is 9.39. The van der Waals surface area contributed by atoms with Crippen LogP contribution in [-0.4, -0.2) is 13.2 Å². The Morgan fingerprint density at radius 1 is 1.09 bits per heavy atom. The maximum atomic E-state index is 5.67. The third kappa shape index (κ3) is 1.87. The average molecular weight is 300 g/mol. The van der Waals surface area contributed by atoms with E-state index in [1.165, 1.54) is 51.4 Å². The average Bonchev–Trinajstić information content (AvgIpc) is 2.82. The minimum atomic E-state index is 0.451. The predicted octanol–water partition coefficient (Wildman–Crippen LogP) is 5.52. The van der Waals surface area contributed by atoms with Gasteiger partial charge in [-0.15, -0.1) is 0 Å². The standard InChI is InChI=1S/C21H32O/c1-14-5-8-18-17-7-6-15-13-16(22-4)9-11-21(15,3)19(17)10-12-20(14,18)2/h6,16-19H,1,5,7-13H2,2-4H3/t16-,17-,18-,19-,20+,21-/m0/s1. The van der Waals surface area contributed by atoms with Crippen LogP contribution in [0.1, 0.15) is 65.2 Å². The molecular weight excluding hydrogens is 268 g/mol. The van der Waals surface area contributed by atoms with E-state index < -0.39 is 0 Å². The highest BCUT2D eigenvalue weighted by Gasteiger charge is 2.56. The minimum absolute atomic E-state index is 0.451. The number of ether oxygens (including phenoxy) is 1. The Labute approximate surface area is 136 Å². The molecule has 0 aromatic rings. The summed E-state index contributed by atoms with van der Waals surface area (Å²) in [4.78, 5) is 0. The molecule has 0 aliphatic heterocycles. The van der Waals surface area contributed by atoms with Crippen molar-refractivity contribution in [3.63, 3.8) is 0 Å². The molecule has 0 unspecified atom stereocenters. The Morgan fingerprint density at radius 3 is 2.59 bits per heavy atom. The highest BCUT2D eigenvalue weighted by atomic mass is 16.5. The van der Waals surface area contributed by atoms with Crippen molar-refractivity contribution in [2.75, 3.05) is 7.11 Å². The number of allylic oxidation sites excluding steroid dienone is 2. The van der Waals surface area contributed by atoms with E-state index in [0.717, 1.165) is 17.8 Å². The third-order valence-corrected chi connectivity index (χ3v) is 8.35. The fraction of sp³-hybridized carbons (Fsp3) is 0.810. The van der Waals surface area contributed by atoms with Gasteiger partial charge in [0.1, 0.15) is 0 Å². The zero-order valence-electron chi connectivity index (χ0n) is 14.7. The largest absolute Gasteiger partial charge is 0.381 e. The topological polar surface area (TPSA) is 9.23 Å². The van der Waals surface area contributed by atoms with E-state index >= 15 is 0 Å². The van der Waals surface area contributed by atoms with E-state index in [1.54, 1.807) is 11.1 Å². The first kappa shape index (κ1) is 15.0. The van der Waals surface area contributed by atoms with Gasteiger partial charge in [-0.25, -0.2) is 0 Å². The normalized spacial score (nSPS) is 50.9. The van der Waals surface area contributed by atoms with E-state index in [9.17, 15) is 0 Å². The third-order valence-electron chi connectivity index (χ3n) is 8.35. The van der Waals surface area contributed by atoms with Gasteiger partial charge in [-0.05, 0) is 80.0 Å². The van der Waals surface area contributed by atoms with Crippen LogP contribution in [0.15, 0.2) is 23.8 Å². The van der Waals surface area contributed by atoms with Crippen LogP contribution in [0.3, 0.4) is 0 Å². The molecule has 0 aromatic heterocycles. The van der Waals surface area contributed by atoms with Gasteiger partial charge in [-0.3, -0.25) is 0 Å². The lowest BCUT2D eigenvalue weighted by Crippen LogP contribution is -2.49. The summed E-state index contributed by atoms with van der Waals surface area (Å²) in [5, 5.41) is 0. The van der Waals surface area contributed by atoms with Crippen molar-refractivity contribution in [1.29, 1.82) is 0 Å². The molecule has 0 bridgehead atoms. The lowest BCUT2D eigenvalue weighted by atomic mass is 9.48. The fourth-order valence-corrected chi connectivity index (χ4v) is 6.74. The summed E-state index contributed by atoms with van der Waals surface area (Å²) in [5.41, 5.74) is 4.20. The van der Waals surface area contributed by atoms with Crippen molar-refractivity contribution in [2.24, 2.45) is 28.6 Å². The number of methoxy groups -OCH3 is 1. The van der Waals surface area contributed by atoms with E-state index in [2.05, 4.69) is 26.5 Å². The maximum Gasteiger partial charge on any atom is 0.0608 e. The van der Waals surface area contributed by atoms with Crippen molar-refractivity contribution in [3.05, 3.63) is 23.8 Å². The highest BCUT2D eigenvalue weighted by Crippen LogP contribution is 2.65. The molecular formula is C21H32O. The fourth-order valence-electron chi connectivity index (χ4n) is 6.74. The lowest BCUT2D eigenvalue weighted by molar-refractivity contribution is -0.0327. The van der Waals surface area contributed by atoms with Gasteiger partial charge in [0.05, 0.1) is 6.10 Å². The first-order valence-electron chi connectivity index (χ1n) is 9.39. The molecule has 22 heavy (non-hydrogen) atoms. The molecule has 4 aliphatic carbocycles. The van der Waals surface area contributed by atoms with E-state index in [-0.39, 0.29) is 0 Å². The summed E-state index contributed by atoms with van der Waals surface area (Å²) < 4.78 is 5.67. The molecule has 1 heteroatoms. The minimum Gasteiger partial charge on any atom is -0.381 e. The van der Waals surface area contributed by atoms with Crippen molar-refractivity contribution in [2.45, 2.75) is 71.3 Å². The first-order chi connectivity index (χ1) is 10.5. The Balaban J connectivity index is 1.66. The van der Waals surface area contributed by atoms with Crippen LogP contribution in [0, 0.1) is 28.6 Å². The number of hydrogen-bond donors (Lipinski definition) is 0. The summed E-state index contributed by atoms with van der Waals surface area (Å²) >= 11 is 0. The second-order valence-corrected chi connectivity index (χ2v) is 8.96. The van der Waals surface area contributed by atoms with Crippen molar-refractivity contribution < 1.29 is 4.74 Å². The maximum absolute atomic E-state index is 5.67. The molecule has 0 aromatic carbocycles. The van der Waals surface area contributed by atoms with Gasteiger partial charge in [-0.2, -0.15) is 0 Å². The predicted molar refractivity (Wildman–Crippen MR) is 91.6 cm³/mol. The van der Waals surface area contributed by atoms with Gasteiger partial charge >= 0.3 is 0 Å². The highest BCUT2D eigenvalue weighted by molar-refractivity contribution is 5.28. The van der Waals surface area contributed by atoms with Gasteiger partial charge < -0.3 is 4.74 Å². The van der Waals surface area contributed by atoms with Crippen LogP contribution >= 0.6 is 0 Å². The molecule has 0 spiro atoms. The molecule has 3 saturated carbocycles. The summed E-state index contributed by atoms with van der Waals surface area (Å²) in [7, 11) is 1.88. The molecule has 4 aliphatic rings. The molecule has 0 radical (unpaired) electrons. The SMILES string of the molecule is C=C1CC[C@H]2[C@@H]3CC=C4C[C@@H](OC)CC[C@]4(C)[C@H]3CC[C@]12C. The summed E-state index contributed by atoms with van der Waals surface area (Å²) in [6, 6.07) is 0. The Morgan fingerprint density at radius 2 is 1.82 bits per heavy atom. The van der Waals surface area contributed by atoms with Crippen molar-refractivity contribution in [1.82, 2.24) is 0 Å². The number of fused-ring (bicyclic) bond motifs is 5. The van der Waals surface area contributed by atoms with Crippen LogP contribution in [0.5, 0.6) is 0 Å². The number of hydrogen-bond acceptors (Lipinski definition) is 1. The van der Waals surface area contributed by atoms with Gasteiger partial charge in [-0.1, -0.05) is 37.6 Å². The van der Waals surface area contributed by atoms with Gasteiger partial charge in [0.2, 0.25) is 0 Å². The van der Waals surface area contributed by atoms with Crippen molar-refractivity contribution in [3.8, 4) is 0 Å². The smallest absolute Gasteiger partial charge is 0.0608 e. The molecule has 4 rings (SSSR count). The van der Waals surface area contributed by atoms with Gasteiger partial charge in [0.25, 0.3) is 0 Å². The molecule has 6 atom stereocenters. The van der Waals surface area contributed by atoms with Crippen LogP contribution in [0.2, 0.25) is 0 Å². The van der Waals surface area contributed by atoms with E-state index in [0.29, 0.717) is 16.9 Å². The molecule has 0 saturated heterocycles. The van der Waals surface area contributed by atoms with Crippen LogP contribution in [-0.2, 0) is 4.74 Å². The van der Waals surface area contributed by atoms with Crippen LogP contribution in [0.25, 0.3) is 0 Å². The second kappa shape index (κ2) is 4.97. The monoisotopic (exact) mass is 300 g/mol. The van der Waals surface area contributed by atoms with Crippen LogP contribution < -0.4 is 0 Å². The molecule has 0 amide bonds. The Bertz CT molecular complexity index is 518. The van der Waals surface area contributed by atoms with Gasteiger partial charge in [0, 0.05) is 7.11 Å². The summed E-state index contributed by atoms with van der Waals surface area (Å²) in [6.07, 6.45) is 13.7. The zero-order valence-corrected chi connectivity index (χ0v) is 14.7. The Hall–Kier alpha value is -0.560.